The van der Waals surface area contributed by atoms with Gasteiger partial charge in [0.05, 0.1) is 6.42 Å². The van der Waals surface area contributed by atoms with Crippen molar-refractivity contribution in [2.75, 3.05) is 12.4 Å². The Hall–Kier alpha value is -2.89. The molecule has 0 radical (unpaired) electrons. The molecule has 0 bridgehead atoms. The standard InChI is InChI=1S/C20H23N5O/c1-12-16(15-5-3-4-6-17(15)24-12)9-20(26)25-14-7-13(8-14)18-10-19(21-2)23-11-22-18/h3-6,10-11,13-14,24H,7-9H2,1-2H3,(H,25,26)(H,21,22,23). The van der Waals surface area contributed by atoms with Gasteiger partial charge in [-0.2, -0.15) is 0 Å². The van der Waals surface area contributed by atoms with Crippen molar-refractivity contribution >= 4 is 22.6 Å². The monoisotopic (exact) mass is 349 g/mol. The number of aryl methyl sites for hydroxylation is 1. The number of aromatic amines is 1. The molecule has 1 aromatic carbocycles. The maximum atomic E-state index is 12.5. The van der Waals surface area contributed by atoms with Gasteiger partial charge in [0.15, 0.2) is 0 Å². The van der Waals surface area contributed by atoms with Crippen LogP contribution in [0.3, 0.4) is 0 Å². The average molecular weight is 349 g/mol. The van der Waals surface area contributed by atoms with Crippen LogP contribution in [0.2, 0.25) is 0 Å². The van der Waals surface area contributed by atoms with E-state index >= 15 is 0 Å². The van der Waals surface area contributed by atoms with E-state index in [-0.39, 0.29) is 11.9 Å². The molecule has 2 heterocycles. The predicted octanol–water partition coefficient (Wildman–Crippen LogP) is 2.91. The van der Waals surface area contributed by atoms with Crippen molar-refractivity contribution in [3.8, 4) is 0 Å². The Balaban J connectivity index is 1.35. The van der Waals surface area contributed by atoms with E-state index in [1.54, 1.807) is 6.33 Å². The molecule has 6 nitrogen and oxygen atoms in total. The van der Waals surface area contributed by atoms with E-state index in [4.69, 9.17) is 0 Å². The Morgan fingerprint density at radius 2 is 2.08 bits per heavy atom. The number of H-pyrrole nitrogens is 1. The minimum atomic E-state index is 0.0832. The lowest BCUT2D eigenvalue weighted by Gasteiger charge is -2.35. The number of nitrogens with zero attached hydrogens (tertiary/aromatic N) is 2. The second-order valence-corrected chi connectivity index (χ2v) is 6.96. The molecule has 0 saturated heterocycles. The summed E-state index contributed by atoms with van der Waals surface area (Å²) in [5, 5.41) is 7.33. The molecule has 3 N–H and O–H groups in total. The van der Waals surface area contributed by atoms with Gasteiger partial charge in [0.25, 0.3) is 0 Å². The van der Waals surface area contributed by atoms with Crippen molar-refractivity contribution in [2.45, 2.75) is 38.1 Å². The highest BCUT2D eigenvalue weighted by Gasteiger charge is 2.32. The van der Waals surface area contributed by atoms with Gasteiger partial charge in [-0.25, -0.2) is 9.97 Å². The van der Waals surface area contributed by atoms with Crippen molar-refractivity contribution in [1.29, 1.82) is 0 Å². The van der Waals surface area contributed by atoms with Crippen LogP contribution in [0, 0.1) is 6.92 Å². The molecule has 1 saturated carbocycles. The summed E-state index contributed by atoms with van der Waals surface area (Å²) in [6.07, 6.45) is 3.86. The lowest BCUT2D eigenvalue weighted by Crippen LogP contribution is -2.44. The number of carbonyl (C=O) groups is 1. The second-order valence-electron chi connectivity index (χ2n) is 6.96. The largest absolute Gasteiger partial charge is 0.373 e. The molecule has 0 aliphatic heterocycles. The topological polar surface area (TPSA) is 82.7 Å². The molecule has 6 heteroatoms. The normalized spacial score (nSPS) is 19.2. The molecular weight excluding hydrogens is 326 g/mol. The van der Waals surface area contributed by atoms with Crippen molar-refractivity contribution < 1.29 is 4.79 Å². The van der Waals surface area contributed by atoms with E-state index in [9.17, 15) is 4.79 Å². The molecule has 134 valence electrons. The van der Waals surface area contributed by atoms with Gasteiger partial charge >= 0.3 is 0 Å². The van der Waals surface area contributed by atoms with Crippen molar-refractivity contribution in [3.63, 3.8) is 0 Å². The number of aromatic nitrogens is 3. The van der Waals surface area contributed by atoms with Gasteiger partial charge in [-0.1, -0.05) is 18.2 Å². The number of hydrogen-bond donors (Lipinski definition) is 3. The smallest absolute Gasteiger partial charge is 0.224 e. The first-order valence-electron chi connectivity index (χ1n) is 8.99. The first-order chi connectivity index (χ1) is 12.6. The van der Waals surface area contributed by atoms with E-state index in [1.807, 2.05) is 38.2 Å². The molecule has 2 aromatic heterocycles. The number of carbonyl (C=O) groups excluding carboxylic acids is 1. The zero-order valence-corrected chi connectivity index (χ0v) is 15.0. The van der Waals surface area contributed by atoms with Crippen molar-refractivity contribution in [2.24, 2.45) is 0 Å². The minimum Gasteiger partial charge on any atom is -0.373 e. The number of fused-ring (bicyclic) bond motifs is 1. The fraction of sp³-hybridized carbons (Fsp3) is 0.350. The number of rotatable bonds is 5. The maximum absolute atomic E-state index is 12.5. The summed E-state index contributed by atoms with van der Waals surface area (Å²) >= 11 is 0. The van der Waals surface area contributed by atoms with Gasteiger partial charge in [-0.05, 0) is 31.4 Å². The molecule has 0 unspecified atom stereocenters. The zero-order valence-electron chi connectivity index (χ0n) is 15.0. The minimum absolute atomic E-state index is 0.0832. The van der Waals surface area contributed by atoms with Crippen LogP contribution >= 0.6 is 0 Å². The number of para-hydroxylation sites is 1. The Kier molecular flexibility index (Phi) is 4.32. The van der Waals surface area contributed by atoms with Crippen molar-refractivity contribution in [3.05, 3.63) is 53.6 Å². The Bertz CT molecular complexity index is 942. The Morgan fingerprint density at radius 1 is 1.27 bits per heavy atom. The van der Waals surface area contributed by atoms with Crippen LogP contribution < -0.4 is 10.6 Å². The molecule has 1 aliphatic rings. The molecule has 0 spiro atoms. The van der Waals surface area contributed by atoms with Gasteiger partial charge < -0.3 is 15.6 Å². The van der Waals surface area contributed by atoms with E-state index in [1.165, 1.54) is 0 Å². The zero-order chi connectivity index (χ0) is 18.1. The third kappa shape index (κ3) is 3.14. The third-order valence-electron chi connectivity index (χ3n) is 5.23. The van der Waals surface area contributed by atoms with Crippen LogP contribution in [-0.4, -0.2) is 33.9 Å². The number of benzene rings is 1. The lowest BCUT2D eigenvalue weighted by molar-refractivity contribution is -0.121. The summed E-state index contributed by atoms with van der Waals surface area (Å²) in [7, 11) is 1.85. The second kappa shape index (κ2) is 6.78. The maximum Gasteiger partial charge on any atom is 0.224 e. The van der Waals surface area contributed by atoms with E-state index in [0.29, 0.717) is 12.3 Å². The van der Waals surface area contributed by atoms with Crippen LogP contribution in [0.15, 0.2) is 36.7 Å². The fourth-order valence-corrected chi connectivity index (χ4v) is 3.71. The van der Waals surface area contributed by atoms with Crippen LogP contribution in [0.1, 0.15) is 35.7 Å². The summed E-state index contributed by atoms with van der Waals surface area (Å²) in [6, 6.07) is 10.3. The van der Waals surface area contributed by atoms with E-state index in [2.05, 4.69) is 31.7 Å². The first-order valence-corrected chi connectivity index (χ1v) is 8.99. The highest BCUT2D eigenvalue weighted by molar-refractivity contribution is 5.90. The van der Waals surface area contributed by atoms with Gasteiger partial charge in [0.1, 0.15) is 12.1 Å². The molecule has 4 rings (SSSR count). The number of hydrogen-bond acceptors (Lipinski definition) is 4. The van der Waals surface area contributed by atoms with Crippen LogP contribution in [0.4, 0.5) is 5.82 Å². The summed E-state index contributed by atoms with van der Waals surface area (Å²) in [5.41, 5.74) is 4.28. The summed E-state index contributed by atoms with van der Waals surface area (Å²) < 4.78 is 0. The number of nitrogens with one attached hydrogen (secondary N) is 3. The summed E-state index contributed by atoms with van der Waals surface area (Å²) in [5.74, 6) is 1.31. The highest BCUT2D eigenvalue weighted by Crippen LogP contribution is 2.36. The van der Waals surface area contributed by atoms with Crippen LogP contribution in [-0.2, 0) is 11.2 Å². The van der Waals surface area contributed by atoms with Crippen LogP contribution in [0.25, 0.3) is 10.9 Å². The lowest BCUT2D eigenvalue weighted by atomic mass is 9.78. The number of anilines is 1. The Morgan fingerprint density at radius 3 is 2.88 bits per heavy atom. The molecular formula is C20H23N5O. The molecule has 1 aliphatic carbocycles. The first kappa shape index (κ1) is 16.6. The predicted molar refractivity (Wildman–Crippen MR) is 102 cm³/mol. The average Bonchev–Trinajstić information content (AvgIpc) is 2.93. The van der Waals surface area contributed by atoms with Gasteiger partial charge in [-0.15, -0.1) is 0 Å². The molecule has 26 heavy (non-hydrogen) atoms. The van der Waals surface area contributed by atoms with Gasteiger partial charge in [-0.3, -0.25) is 4.79 Å². The van der Waals surface area contributed by atoms with Gasteiger partial charge in [0.2, 0.25) is 5.91 Å². The number of amides is 1. The van der Waals surface area contributed by atoms with E-state index in [0.717, 1.165) is 46.5 Å². The fourth-order valence-electron chi connectivity index (χ4n) is 3.71. The molecule has 3 aromatic rings. The SMILES string of the molecule is CNc1cc(C2CC(NC(=O)Cc3c(C)[nH]c4ccccc34)C2)ncn1. The summed E-state index contributed by atoms with van der Waals surface area (Å²) in [4.78, 5) is 24.4. The van der Waals surface area contributed by atoms with Crippen molar-refractivity contribution in [1.82, 2.24) is 20.3 Å². The van der Waals surface area contributed by atoms with Crippen LogP contribution in [0.5, 0.6) is 0 Å². The van der Waals surface area contributed by atoms with E-state index < -0.39 is 0 Å². The molecule has 1 fully saturated rings. The Labute approximate surface area is 152 Å². The third-order valence-corrected chi connectivity index (χ3v) is 5.23. The van der Waals surface area contributed by atoms with Gasteiger partial charge in [0, 0.05) is 47.4 Å². The quantitative estimate of drug-likeness (QED) is 0.661. The summed E-state index contributed by atoms with van der Waals surface area (Å²) in [6.45, 7) is 2.02. The molecule has 1 amide bonds. The molecule has 0 atom stereocenters. The highest BCUT2D eigenvalue weighted by atomic mass is 16.1.